The van der Waals surface area contributed by atoms with Crippen LogP contribution >= 0.6 is 0 Å². The lowest BCUT2D eigenvalue weighted by molar-refractivity contribution is -0.147. The Morgan fingerprint density at radius 1 is 1.21 bits per heavy atom. The van der Waals surface area contributed by atoms with Crippen LogP contribution in [-0.4, -0.2) is 68.7 Å². The molecule has 3 aliphatic heterocycles. The van der Waals surface area contributed by atoms with Crippen molar-refractivity contribution in [2.45, 2.75) is 59.8 Å². The molecule has 3 saturated heterocycles. The van der Waals surface area contributed by atoms with Crippen LogP contribution in [0.3, 0.4) is 0 Å². The lowest BCUT2D eigenvalue weighted by Gasteiger charge is -2.44. The second-order valence-corrected chi connectivity index (χ2v) is 10.1. The van der Waals surface area contributed by atoms with Crippen molar-refractivity contribution in [3.63, 3.8) is 0 Å². The summed E-state index contributed by atoms with van der Waals surface area (Å²) in [5, 5.41) is -0.711. The molecule has 0 saturated carbocycles. The van der Waals surface area contributed by atoms with Gasteiger partial charge in [0.1, 0.15) is 5.75 Å². The zero-order valence-corrected chi connectivity index (χ0v) is 16.0. The Morgan fingerprint density at radius 2 is 1.89 bits per heavy atom. The lowest BCUT2D eigenvalue weighted by atomic mass is 9.95. The normalized spacial score (nSPS) is 32.3. The van der Waals surface area contributed by atoms with Gasteiger partial charge in [0.2, 0.25) is 0 Å². The molecule has 4 atom stereocenters. The summed E-state index contributed by atoms with van der Waals surface area (Å²) in [5.41, 5.74) is 4.67. The van der Waals surface area contributed by atoms with E-state index >= 15 is 0 Å². The molecule has 156 valence electrons. The maximum Gasteiger partial charge on any atom is 0.387 e. The van der Waals surface area contributed by atoms with Crippen LogP contribution in [0.5, 0.6) is 5.75 Å². The second-order valence-electron chi connectivity index (χ2n) is 7.94. The highest BCUT2D eigenvalue weighted by molar-refractivity contribution is 7.92. The fourth-order valence-corrected chi connectivity index (χ4v) is 6.65. The Labute approximate surface area is 161 Å². The highest BCUT2D eigenvalue weighted by Crippen LogP contribution is 2.42. The Kier molecular flexibility index (Phi) is 5.09. The molecule has 0 amide bonds. The molecule has 1 aromatic rings. The predicted octanol–water partition coefficient (Wildman–Crippen LogP) is 1.73. The molecule has 0 aromatic heterocycles. The molecular formula is C18H23F3N2O4S. The van der Waals surface area contributed by atoms with E-state index in [1.807, 2.05) is 4.90 Å². The molecule has 0 spiro atoms. The van der Waals surface area contributed by atoms with Crippen molar-refractivity contribution in [1.29, 1.82) is 0 Å². The zero-order valence-electron chi connectivity index (χ0n) is 15.1. The molecule has 3 fully saturated rings. The Balaban J connectivity index is 1.57. The number of piperidine rings is 1. The van der Waals surface area contributed by atoms with Gasteiger partial charge in [0, 0.05) is 24.7 Å². The topological polar surface area (TPSA) is 81.9 Å². The maximum absolute atomic E-state index is 14.6. The minimum Gasteiger partial charge on any atom is -0.435 e. The molecule has 4 rings (SSSR count). The van der Waals surface area contributed by atoms with Crippen molar-refractivity contribution in [3.8, 4) is 5.75 Å². The number of benzene rings is 1. The van der Waals surface area contributed by atoms with E-state index in [2.05, 4.69) is 4.74 Å². The molecule has 1 aromatic carbocycles. The molecule has 2 N–H and O–H groups in total. The Bertz CT molecular complexity index is 817. The number of ether oxygens (including phenoxy) is 2. The summed E-state index contributed by atoms with van der Waals surface area (Å²) in [6.45, 7) is -2.78. The van der Waals surface area contributed by atoms with Crippen LogP contribution in [0.1, 0.15) is 19.3 Å². The third-order valence-corrected chi connectivity index (χ3v) is 8.14. The molecule has 0 radical (unpaired) electrons. The summed E-state index contributed by atoms with van der Waals surface area (Å²) in [4.78, 5) is 1.99. The van der Waals surface area contributed by atoms with Gasteiger partial charge in [0.15, 0.2) is 15.5 Å². The van der Waals surface area contributed by atoms with Gasteiger partial charge >= 0.3 is 6.61 Å². The van der Waals surface area contributed by atoms with E-state index in [9.17, 15) is 21.6 Å². The van der Waals surface area contributed by atoms with Gasteiger partial charge in [-0.15, -0.1) is 0 Å². The van der Waals surface area contributed by atoms with Crippen LogP contribution in [0, 0.1) is 0 Å². The van der Waals surface area contributed by atoms with E-state index in [1.54, 1.807) is 0 Å². The van der Waals surface area contributed by atoms with Crippen LogP contribution in [0.15, 0.2) is 29.2 Å². The summed E-state index contributed by atoms with van der Waals surface area (Å²) < 4.78 is 75.0. The van der Waals surface area contributed by atoms with E-state index in [1.165, 1.54) is 24.3 Å². The first-order chi connectivity index (χ1) is 13.2. The third-order valence-electron chi connectivity index (χ3n) is 5.91. The predicted molar refractivity (Wildman–Crippen MR) is 94.8 cm³/mol. The van der Waals surface area contributed by atoms with Crippen molar-refractivity contribution in [3.05, 3.63) is 24.3 Å². The highest BCUT2D eigenvalue weighted by Gasteiger charge is 2.54. The van der Waals surface area contributed by atoms with Crippen molar-refractivity contribution in [2.24, 2.45) is 5.73 Å². The van der Waals surface area contributed by atoms with Crippen LogP contribution in [0.2, 0.25) is 0 Å². The molecule has 10 heteroatoms. The number of sulfone groups is 1. The number of rotatable bonds is 6. The van der Waals surface area contributed by atoms with Crippen LogP contribution in [0.25, 0.3) is 0 Å². The first-order valence-corrected chi connectivity index (χ1v) is 10.8. The van der Waals surface area contributed by atoms with E-state index in [0.717, 1.165) is 0 Å². The van der Waals surface area contributed by atoms with Gasteiger partial charge in [-0.1, -0.05) is 0 Å². The van der Waals surface area contributed by atoms with Gasteiger partial charge in [-0.2, -0.15) is 8.78 Å². The fraction of sp³-hybridized carbons (Fsp3) is 0.667. The Hall–Kier alpha value is -1.36. The van der Waals surface area contributed by atoms with Crippen molar-refractivity contribution >= 4 is 9.84 Å². The molecule has 0 aliphatic carbocycles. The van der Waals surface area contributed by atoms with E-state index in [-0.39, 0.29) is 48.5 Å². The van der Waals surface area contributed by atoms with Crippen LogP contribution < -0.4 is 10.5 Å². The lowest BCUT2D eigenvalue weighted by Crippen LogP contribution is -2.59. The summed E-state index contributed by atoms with van der Waals surface area (Å²) in [6, 6.07) is 4.39. The molecule has 28 heavy (non-hydrogen) atoms. The van der Waals surface area contributed by atoms with Gasteiger partial charge in [0.25, 0.3) is 0 Å². The monoisotopic (exact) mass is 420 g/mol. The third kappa shape index (κ3) is 3.62. The first kappa shape index (κ1) is 19.9. The largest absolute Gasteiger partial charge is 0.435 e. The van der Waals surface area contributed by atoms with E-state index < -0.39 is 27.4 Å². The maximum atomic E-state index is 14.6. The molecular weight excluding hydrogens is 397 g/mol. The highest BCUT2D eigenvalue weighted by atomic mass is 32.2. The molecule has 3 heterocycles. The SMILES string of the molecule is NC1CC2CC(S(=O)(=O)c3ccc(OC(F)F)cc3)C(C1)N2CC1(F)COC1. The van der Waals surface area contributed by atoms with Gasteiger partial charge < -0.3 is 15.2 Å². The minimum absolute atomic E-state index is 0.0258. The minimum atomic E-state index is -3.73. The van der Waals surface area contributed by atoms with E-state index in [0.29, 0.717) is 19.3 Å². The molecule has 3 aliphatic rings. The second kappa shape index (κ2) is 7.16. The zero-order chi connectivity index (χ0) is 20.1. The number of alkyl halides is 3. The molecule has 2 bridgehead atoms. The van der Waals surface area contributed by atoms with Crippen molar-refractivity contribution < 1.29 is 31.1 Å². The van der Waals surface area contributed by atoms with Gasteiger partial charge in [-0.25, -0.2) is 12.8 Å². The van der Waals surface area contributed by atoms with Crippen molar-refractivity contribution in [2.75, 3.05) is 19.8 Å². The van der Waals surface area contributed by atoms with Crippen LogP contribution in [0.4, 0.5) is 13.2 Å². The standard InChI is InChI=1S/C18H23F3N2O4S/c19-17(20)27-13-1-3-14(4-2-13)28(24,25)16-7-12-5-11(22)6-15(16)23(12)8-18(21)9-26-10-18/h1-4,11-12,15-17H,5-10,22H2. The number of fused-ring (bicyclic) bond motifs is 2. The quantitative estimate of drug-likeness (QED) is 0.755. The summed E-state index contributed by atoms with van der Waals surface area (Å²) in [5.74, 6) is -0.105. The molecule has 4 unspecified atom stereocenters. The van der Waals surface area contributed by atoms with Crippen LogP contribution in [-0.2, 0) is 14.6 Å². The first-order valence-electron chi connectivity index (χ1n) is 9.25. The van der Waals surface area contributed by atoms with E-state index in [4.69, 9.17) is 10.5 Å². The van der Waals surface area contributed by atoms with Crippen molar-refractivity contribution in [1.82, 2.24) is 4.90 Å². The number of hydrogen-bond donors (Lipinski definition) is 1. The summed E-state index contributed by atoms with van der Waals surface area (Å²) in [7, 11) is -3.73. The van der Waals surface area contributed by atoms with Gasteiger partial charge in [0.05, 0.1) is 23.4 Å². The average Bonchev–Trinajstić information content (AvgIpc) is 2.80. The fourth-order valence-electron chi connectivity index (χ4n) is 4.63. The average molecular weight is 420 g/mol. The van der Waals surface area contributed by atoms with Gasteiger partial charge in [-0.05, 0) is 43.5 Å². The number of hydrogen-bond acceptors (Lipinski definition) is 6. The number of nitrogens with two attached hydrogens (primary N) is 1. The summed E-state index contributed by atoms with van der Waals surface area (Å²) in [6.07, 6.45) is 1.48. The Morgan fingerprint density at radius 3 is 2.46 bits per heavy atom. The molecule has 6 nitrogen and oxygen atoms in total. The smallest absolute Gasteiger partial charge is 0.387 e. The van der Waals surface area contributed by atoms with Gasteiger partial charge in [-0.3, -0.25) is 4.90 Å². The summed E-state index contributed by atoms with van der Waals surface area (Å²) >= 11 is 0. The number of nitrogens with zero attached hydrogens (tertiary/aromatic N) is 1. The number of halogens is 3.